The molecule has 1 aliphatic heterocycles. The lowest BCUT2D eigenvalue weighted by Gasteiger charge is -2.44. The van der Waals surface area contributed by atoms with E-state index in [-0.39, 0.29) is 22.3 Å². The lowest BCUT2D eigenvalue weighted by atomic mass is 9.89. The van der Waals surface area contributed by atoms with Gasteiger partial charge < -0.3 is 27.8 Å². The van der Waals surface area contributed by atoms with Gasteiger partial charge in [0, 0.05) is 19.4 Å². The first-order chi connectivity index (χ1) is 23.9. The van der Waals surface area contributed by atoms with Gasteiger partial charge in [0.1, 0.15) is 11.4 Å². The van der Waals surface area contributed by atoms with Crippen molar-refractivity contribution < 1.29 is 27.8 Å². The Bertz CT molecular complexity index is 1490. The largest absolute Gasteiger partial charge is 0.497 e. The van der Waals surface area contributed by atoms with Crippen LogP contribution < -0.4 is 15.1 Å². The van der Waals surface area contributed by atoms with Crippen LogP contribution in [0.1, 0.15) is 73.8 Å². The highest BCUT2D eigenvalue weighted by Gasteiger charge is 2.55. The topological polar surface area (TPSA) is 55.4 Å². The van der Waals surface area contributed by atoms with E-state index in [1.54, 1.807) is 7.11 Å². The number of ether oxygens (including phenoxy) is 4. The molecule has 0 saturated carbocycles. The number of methoxy groups -OCH3 is 1. The summed E-state index contributed by atoms with van der Waals surface area (Å²) in [6.45, 7) is 23.8. The van der Waals surface area contributed by atoms with Crippen molar-refractivity contribution in [2.75, 3.05) is 20.3 Å². The first-order valence-corrected chi connectivity index (χ1v) is 24.2. The van der Waals surface area contributed by atoms with Gasteiger partial charge in [-0.2, -0.15) is 0 Å². The fraction of sp³-hybridized carbons (Fsp3) is 0.524. The van der Waals surface area contributed by atoms with Crippen LogP contribution in [0.3, 0.4) is 0 Å². The molecule has 3 aromatic carbocycles. The molecule has 0 aliphatic carbocycles. The predicted octanol–water partition coefficient (Wildman–Crippen LogP) is 9.80. The van der Waals surface area contributed by atoms with Gasteiger partial charge in [-0.1, -0.05) is 137 Å². The highest BCUT2D eigenvalue weighted by atomic mass is 127. The normalized spacial score (nSPS) is 20.5. The molecule has 0 aromatic heterocycles. The van der Waals surface area contributed by atoms with E-state index in [2.05, 4.69) is 148 Å². The van der Waals surface area contributed by atoms with Gasteiger partial charge in [0.25, 0.3) is 8.32 Å². The Morgan fingerprint density at radius 3 is 1.90 bits per heavy atom. The van der Waals surface area contributed by atoms with E-state index in [0.29, 0.717) is 32.7 Å². The lowest BCUT2D eigenvalue weighted by Crippen LogP contribution is -2.66. The molecule has 9 heteroatoms. The van der Waals surface area contributed by atoms with Crippen LogP contribution in [-0.2, 0) is 29.7 Å². The number of hydrogen-bond acceptors (Lipinski definition) is 6. The highest BCUT2D eigenvalue weighted by Crippen LogP contribution is 2.45. The molecule has 1 aliphatic rings. The zero-order valence-corrected chi connectivity index (χ0v) is 36.9. The van der Waals surface area contributed by atoms with Gasteiger partial charge in [0.05, 0.1) is 32.5 Å². The first kappa shape index (κ1) is 41.9. The molecule has 1 fully saturated rings. The van der Waals surface area contributed by atoms with Crippen molar-refractivity contribution in [2.45, 2.75) is 122 Å². The molecule has 0 N–H and O–H groups in total. The number of benzene rings is 3. The summed E-state index contributed by atoms with van der Waals surface area (Å²) in [5, 5.41) is 2.44. The second-order valence-electron chi connectivity index (χ2n) is 16.7. The van der Waals surface area contributed by atoms with Crippen LogP contribution in [0.15, 0.2) is 95.1 Å². The first-order valence-electron chi connectivity index (χ1n) is 18.2. The molecule has 3 atom stereocenters. The maximum atomic E-state index is 7.39. The van der Waals surface area contributed by atoms with Gasteiger partial charge in [-0.3, -0.25) is 0 Å². The summed E-state index contributed by atoms with van der Waals surface area (Å²) in [4.78, 5) is 0. The van der Waals surface area contributed by atoms with Crippen molar-refractivity contribution >= 4 is 49.6 Å². The van der Waals surface area contributed by atoms with Crippen LogP contribution in [0.5, 0.6) is 5.75 Å². The zero-order chi connectivity index (χ0) is 37.6. The summed E-state index contributed by atoms with van der Waals surface area (Å²) in [5.41, 5.74) is 0.368. The maximum Gasteiger partial charge on any atom is 0.261 e. The molecular weight excluding hydrogens is 784 g/mol. The second kappa shape index (κ2) is 17.1. The van der Waals surface area contributed by atoms with Crippen LogP contribution in [0.2, 0.25) is 23.2 Å². The minimum Gasteiger partial charge on any atom is -0.497 e. The Kier molecular flexibility index (Phi) is 14.0. The van der Waals surface area contributed by atoms with Crippen LogP contribution in [0.25, 0.3) is 0 Å². The van der Waals surface area contributed by atoms with E-state index in [9.17, 15) is 0 Å². The molecule has 0 unspecified atom stereocenters. The molecule has 0 radical (unpaired) electrons. The third-order valence-electron chi connectivity index (χ3n) is 10.5. The van der Waals surface area contributed by atoms with Crippen LogP contribution in [0, 0.1) is 0 Å². The van der Waals surface area contributed by atoms with Gasteiger partial charge in [-0.05, 0) is 75.2 Å². The molecular formula is C42H61IO6Si2. The smallest absolute Gasteiger partial charge is 0.261 e. The van der Waals surface area contributed by atoms with Crippen molar-refractivity contribution in [1.82, 2.24) is 0 Å². The van der Waals surface area contributed by atoms with Gasteiger partial charge in [-0.25, -0.2) is 0 Å². The van der Waals surface area contributed by atoms with E-state index >= 15 is 0 Å². The molecule has 0 amide bonds. The Hall–Kier alpha value is -1.84. The fourth-order valence-corrected chi connectivity index (χ4v) is 13.4. The van der Waals surface area contributed by atoms with Crippen molar-refractivity contribution in [3.05, 3.63) is 101 Å². The van der Waals surface area contributed by atoms with E-state index in [1.165, 1.54) is 10.4 Å². The highest BCUT2D eigenvalue weighted by molar-refractivity contribution is 14.1. The average molecular weight is 845 g/mol. The third kappa shape index (κ3) is 10.2. The van der Waals surface area contributed by atoms with Crippen molar-refractivity contribution in [3.63, 3.8) is 0 Å². The van der Waals surface area contributed by atoms with Gasteiger partial charge in [0.15, 0.2) is 14.1 Å². The molecule has 280 valence electrons. The van der Waals surface area contributed by atoms with Crippen LogP contribution in [-0.4, -0.2) is 60.6 Å². The molecule has 0 spiro atoms. The summed E-state index contributed by atoms with van der Waals surface area (Å²) >= 11 is 2.30. The van der Waals surface area contributed by atoms with Crippen molar-refractivity contribution in [1.29, 1.82) is 0 Å². The van der Waals surface area contributed by atoms with Crippen LogP contribution >= 0.6 is 22.6 Å². The molecule has 1 saturated heterocycles. The van der Waals surface area contributed by atoms with E-state index in [4.69, 9.17) is 27.8 Å². The Morgan fingerprint density at radius 2 is 1.41 bits per heavy atom. The average Bonchev–Trinajstić information content (AvgIpc) is 3.31. The summed E-state index contributed by atoms with van der Waals surface area (Å²) in [6, 6.07) is 29.6. The second-order valence-corrected chi connectivity index (χ2v) is 26.5. The maximum absolute atomic E-state index is 7.39. The summed E-state index contributed by atoms with van der Waals surface area (Å²) in [5.74, 6) is 0.0430. The molecule has 6 nitrogen and oxygen atoms in total. The number of rotatable bonds is 16. The quantitative estimate of drug-likeness (QED) is 0.106. The molecule has 3 aromatic rings. The van der Waals surface area contributed by atoms with Gasteiger partial charge in [0.2, 0.25) is 0 Å². The van der Waals surface area contributed by atoms with E-state index in [1.807, 2.05) is 38.1 Å². The predicted molar refractivity (Wildman–Crippen MR) is 223 cm³/mol. The van der Waals surface area contributed by atoms with Crippen molar-refractivity contribution in [2.24, 2.45) is 0 Å². The summed E-state index contributed by atoms with van der Waals surface area (Å²) in [7, 11) is -3.23. The van der Waals surface area contributed by atoms with Gasteiger partial charge >= 0.3 is 0 Å². The Balaban J connectivity index is 1.64. The molecule has 4 rings (SSSR count). The van der Waals surface area contributed by atoms with Crippen molar-refractivity contribution in [3.8, 4) is 5.75 Å². The monoisotopic (exact) mass is 844 g/mol. The Morgan fingerprint density at radius 1 is 0.843 bits per heavy atom. The minimum absolute atomic E-state index is 0.0381. The SMILES string of the molecule is COc1ccc(COC[C@@H](C[C@H]2OC(C)(C)O[C@@]2(/C=C/I)CCO[Si](c2ccccc2)(c2ccccc2)C(C)(C)C)O[Si](C)(C)C(C)(C)C)cc1. The number of hydrogen-bond donors (Lipinski definition) is 0. The Labute approximate surface area is 324 Å². The zero-order valence-electron chi connectivity index (χ0n) is 32.8. The summed E-state index contributed by atoms with van der Waals surface area (Å²) in [6.07, 6.45) is 2.96. The fourth-order valence-electron chi connectivity index (χ4n) is 6.92. The molecule has 0 bridgehead atoms. The van der Waals surface area contributed by atoms with Crippen LogP contribution in [0.4, 0.5) is 0 Å². The summed E-state index contributed by atoms with van der Waals surface area (Å²) < 4.78 is 42.0. The van der Waals surface area contributed by atoms with E-state index < -0.39 is 28.0 Å². The standard InChI is InChI=1S/C42H61IO6Si2/c1-39(2,3)50(10,11)48-35(32-45-31-33-22-24-34(44-9)25-23-33)30-38-42(26-28-43,49-41(7,8)47-38)27-29-46-51(40(4,5)6,36-18-14-12-15-19-36)37-20-16-13-17-21-37/h12-26,28,35,38H,27,29-32H2,1-11H3/b28-26+/t35-,38-,42+/m1/s1. The third-order valence-corrected chi connectivity index (χ3v) is 20.4. The van der Waals surface area contributed by atoms with E-state index in [0.717, 1.165) is 11.3 Å². The van der Waals surface area contributed by atoms with Gasteiger partial charge in [-0.15, -0.1) is 0 Å². The number of halogens is 1. The lowest BCUT2D eigenvalue weighted by molar-refractivity contribution is -0.158. The molecule has 51 heavy (non-hydrogen) atoms. The minimum atomic E-state index is -2.74. The molecule has 1 heterocycles.